The van der Waals surface area contributed by atoms with Gasteiger partial charge in [0, 0.05) is 18.7 Å². The van der Waals surface area contributed by atoms with E-state index in [2.05, 4.69) is 10.1 Å². The van der Waals surface area contributed by atoms with Crippen molar-refractivity contribution in [2.75, 3.05) is 7.11 Å². The molecule has 0 saturated heterocycles. The third-order valence-electron chi connectivity index (χ3n) is 2.71. The molecule has 6 heteroatoms. The Morgan fingerprint density at radius 2 is 1.79 bits per heavy atom. The lowest BCUT2D eigenvalue weighted by Crippen LogP contribution is -2.10. The van der Waals surface area contributed by atoms with Gasteiger partial charge in [-0.3, -0.25) is 0 Å². The van der Waals surface area contributed by atoms with E-state index in [0.29, 0.717) is 11.4 Å². The largest absolute Gasteiger partial charge is 0.508 e. The normalized spacial score (nSPS) is 12.8. The molecule has 2 rings (SSSR count). The number of phenols is 2. The Labute approximate surface area is 110 Å². The van der Waals surface area contributed by atoms with Crippen molar-refractivity contribution < 1.29 is 19.5 Å². The molecule has 1 atom stereocenters. The van der Waals surface area contributed by atoms with Crippen molar-refractivity contribution in [2.45, 2.75) is 20.0 Å². The molecule has 0 bridgehead atoms. The molecule has 0 aliphatic carbocycles. The second kappa shape index (κ2) is 5.27. The summed E-state index contributed by atoms with van der Waals surface area (Å²) in [7, 11) is 1.58. The van der Waals surface area contributed by atoms with Gasteiger partial charge in [-0.1, -0.05) is 19.0 Å². The Morgan fingerprint density at radius 3 is 2.32 bits per heavy atom. The summed E-state index contributed by atoms with van der Waals surface area (Å²) < 4.78 is 10.4. The zero-order valence-corrected chi connectivity index (χ0v) is 11.0. The van der Waals surface area contributed by atoms with E-state index in [9.17, 15) is 10.2 Å². The number of ether oxygens (including phenoxy) is 1. The molecule has 0 spiro atoms. The maximum Gasteiger partial charge on any atom is 0.258 e. The first-order chi connectivity index (χ1) is 9.01. The molecular weight excluding hydrogens is 248 g/mol. The summed E-state index contributed by atoms with van der Waals surface area (Å²) in [5.41, 5.74) is 0.454. The van der Waals surface area contributed by atoms with E-state index in [-0.39, 0.29) is 29.4 Å². The van der Waals surface area contributed by atoms with Crippen LogP contribution in [0.5, 0.6) is 11.5 Å². The van der Waals surface area contributed by atoms with Gasteiger partial charge >= 0.3 is 0 Å². The van der Waals surface area contributed by atoms with Gasteiger partial charge in [0.2, 0.25) is 5.82 Å². The Morgan fingerprint density at radius 1 is 1.16 bits per heavy atom. The number of benzene rings is 1. The molecule has 1 aromatic heterocycles. The van der Waals surface area contributed by atoms with Gasteiger partial charge in [-0.25, -0.2) is 0 Å². The van der Waals surface area contributed by atoms with Crippen molar-refractivity contribution in [1.82, 2.24) is 10.1 Å². The molecule has 1 aromatic carbocycles. The van der Waals surface area contributed by atoms with Gasteiger partial charge in [0.05, 0.1) is 0 Å². The molecule has 0 aliphatic heterocycles. The Hall–Kier alpha value is -2.08. The predicted molar refractivity (Wildman–Crippen MR) is 67.7 cm³/mol. The number of aromatic hydroxyl groups is 2. The summed E-state index contributed by atoms with van der Waals surface area (Å²) in [6, 6.07) is 4.11. The monoisotopic (exact) mass is 264 g/mol. The highest BCUT2D eigenvalue weighted by atomic mass is 16.5. The summed E-state index contributed by atoms with van der Waals surface area (Å²) in [5, 5.41) is 22.7. The highest BCUT2D eigenvalue weighted by molar-refractivity contribution is 5.58. The number of hydrogen-bond acceptors (Lipinski definition) is 6. The smallest absolute Gasteiger partial charge is 0.258 e. The molecule has 0 amide bonds. The van der Waals surface area contributed by atoms with Crippen LogP contribution in [0.15, 0.2) is 22.7 Å². The van der Waals surface area contributed by atoms with Crippen LogP contribution in [0.3, 0.4) is 0 Å². The van der Waals surface area contributed by atoms with Gasteiger partial charge in [0.15, 0.2) is 0 Å². The number of phenolic OH excluding ortho intramolecular Hbond substituents is 2. The quantitative estimate of drug-likeness (QED) is 0.882. The highest BCUT2D eigenvalue weighted by Gasteiger charge is 2.22. The minimum absolute atomic E-state index is 0.0677. The SMILES string of the molecule is COC(c1noc(-c2cc(O)cc(O)c2)n1)C(C)C. The predicted octanol–water partition coefficient (Wildman–Crippen LogP) is 2.49. The van der Waals surface area contributed by atoms with E-state index in [4.69, 9.17) is 9.26 Å². The minimum Gasteiger partial charge on any atom is -0.508 e. The summed E-state index contributed by atoms with van der Waals surface area (Å²) in [5.74, 6) is 0.732. The lowest BCUT2D eigenvalue weighted by atomic mass is 10.1. The van der Waals surface area contributed by atoms with Crippen molar-refractivity contribution in [2.24, 2.45) is 5.92 Å². The van der Waals surface area contributed by atoms with E-state index in [1.165, 1.54) is 18.2 Å². The van der Waals surface area contributed by atoms with E-state index in [0.717, 1.165) is 0 Å². The number of rotatable bonds is 4. The van der Waals surface area contributed by atoms with E-state index < -0.39 is 0 Å². The zero-order chi connectivity index (χ0) is 14.0. The lowest BCUT2D eigenvalue weighted by Gasteiger charge is -2.14. The molecule has 19 heavy (non-hydrogen) atoms. The molecule has 2 N–H and O–H groups in total. The Balaban J connectivity index is 2.35. The fraction of sp³-hybridized carbons (Fsp3) is 0.385. The van der Waals surface area contributed by atoms with Crippen LogP contribution in [0.2, 0.25) is 0 Å². The molecule has 0 aliphatic rings. The molecule has 2 aromatic rings. The summed E-state index contributed by atoms with van der Waals surface area (Å²) in [6.07, 6.45) is -0.261. The van der Waals surface area contributed by atoms with Crippen LogP contribution in [-0.4, -0.2) is 27.5 Å². The molecular formula is C13H16N2O4. The van der Waals surface area contributed by atoms with Gasteiger partial charge in [0.1, 0.15) is 17.6 Å². The summed E-state index contributed by atoms with van der Waals surface area (Å²) >= 11 is 0. The van der Waals surface area contributed by atoms with Gasteiger partial charge in [-0.2, -0.15) is 4.98 Å². The van der Waals surface area contributed by atoms with Gasteiger partial charge < -0.3 is 19.5 Å². The van der Waals surface area contributed by atoms with E-state index in [1.54, 1.807) is 7.11 Å². The first-order valence-corrected chi connectivity index (χ1v) is 5.91. The van der Waals surface area contributed by atoms with Gasteiger partial charge in [-0.15, -0.1) is 0 Å². The fourth-order valence-electron chi connectivity index (χ4n) is 1.86. The number of methoxy groups -OCH3 is 1. The Kier molecular flexibility index (Phi) is 3.71. The van der Waals surface area contributed by atoms with Crippen LogP contribution >= 0.6 is 0 Å². The maximum absolute atomic E-state index is 9.43. The van der Waals surface area contributed by atoms with Crippen molar-refractivity contribution >= 4 is 0 Å². The van der Waals surface area contributed by atoms with E-state index >= 15 is 0 Å². The lowest BCUT2D eigenvalue weighted by molar-refractivity contribution is 0.0556. The summed E-state index contributed by atoms with van der Waals surface area (Å²) in [6.45, 7) is 3.98. The average Bonchev–Trinajstić information content (AvgIpc) is 2.77. The molecule has 102 valence electrons. The first kappa shape index (κ1) is 13.4. The summed E-state index contributed by atoms with van der Waals surface area (Å²) in [4.78, 5) is 4.23. The molecule has 0 radical (unpaired) electrons. The van der Waals surface area contributed by atoms with Crippen molar-refractivity contribution in [3.8, 4) is 23.0 Å². The third kappa shape index (κ3) is 2.85. The van der Waals surface area contributed by atoms with Gasteiger partial charge in [-0.05, 0) is 18.1 Å². The third-order valence-corrected chi connectivity index (χ3v) is 2.71. The second-order valence-corrected chi connectivity index (χ2v) is 4.60. The van der Waals surface area contributed by atoms with Crippen LogP contribution in [0, 0.1) is 5.92 Å². The number of nitrogens with zero attached hydrogens (tertiary/aromatic N) is 2. The topological polar surface area (TPSA) is 88.6 Å². The van der Waals surface area contributed by atoms with Crippen LogP contribution < -0.4 is 0 Å². The zero-order valence-electron chi connectivity index (χ0n) is 11.0. The molecule has 1 unspecified atom stereocenters. The van der Waals surface area contributed by atoms with Crippen LogP contribution in [0.1, 0.15) is 25.8 Å². The van der Waals surface area contributed by atoms with Crippen LogP contribution in [-0.2, 0) is 4.74 Å². The van der Waals surface area contributed by atoms with Crippen LogP contribution in [0.4, 0.5) is 0 Å². The maximum atomic E-state index is 9.43. The minimum atomic E-state index is -0.261. The molecule has 1 heterocycles. The molecule has 6 nitrogen and oxygen atoms in total. The number of hydrogen-bond donors (Lipinski definition) is 2. The second-order valence-electron chi connectivity index (χ2n) is 4.60. The van der Waals surface area contributed by atoms with Crippen molar-refractivity contribution in [3.05, 3.63) is 24.0 Å². The first-order valence-electron chi connectivity index (χ1n) is 5.91. The average molecular weight is 264 g/mol. The van der Waals surface area contributed by atoms with E-state index in [1.807, 2.05) is 13.8 Å². The fourth-order valence-corrected chi connectivity index (χ4v) is 1.86. The molecule has 0 fully saturated rings. The van der Waals surface area contributed by atoms with Gasteiger partial charge in [0.25, 0.3) is 5.89 Å². The highest BCUT2D eigenvalue weighted by Crippen LogP contribution is 2.29. The number of aromatic nitrogens is 2. The molecule has 0 saturated carbocycles. The standard InChI is InChI=1S/C13H16N2O4/c1-7(2)11(18-3)12-14-13(19-15-12)8-4-9(16)6-10(17)5-8/h4-7,11,16-17H,1-3H3. The van der Waals surface area contributed by atoms with Crippen molar-refractivity contribution in [3.63, 3.8) is 0 Å². The Bertz CT molecular complexity index is 545. The van der Waals surface area contributed by atoms with Crippen molar-refractivity contribution in [1.29, 1.82) is 0 Å². The van der Waals surface area contributed by atoms with Crippen LogP contribution in [0.25, 0.3) is 11.5 Å².